The quantitative estimate of drug-likeness (QED) is 0.819. The number of H-pyrrole nitrogens is 1. The number of hydrogen-bond acceptors (Lipinski definition) is 2. The second-order valence-corrected chi connectivity index (χ2v) is 4.31. The first kappa shape index (κ1) is 11.2. The van der Waals surface area contributed by atoms with E-state index in [-0.39, 0.29) is 5.15 Å². The van der Waals surface area contributed by atoms with E-state index in [1.807, 2.05) is 0 Å². The van der Waals surface area contributed by atoms with Crippen molar-refractivity contribution in [3.8, 4) is 5.69 Å². The van der Waals surface area contributed by atoms with Gasteiger partial charge in [0.2, 0.25) is 0 Å². The Balaban J connectivity index is 2.81. The Bertz CT molecular complexity index is 617. The minimum atomic E-state index is -0.565. The second kappa shape index (κ2) is 4.27. The van der Waals surface area contributed by atoms with Gasteiger partial charge >= 0.3 is 5.69 Å². The van der Waals surface area contributed by atoms with Crippen LogP contribution in [0.2, 0.25) is 5.15 Å². The first-order valence-corrected chi connectivity index (χ1v) is 5.53. The zero-order valence-corrected chi connectivity index (χ0v) is 10.2. The van der Waals surface area contributed by atoms with Crippen LogP contribution in [0.3, 0.4) is 0 Å². The molecule has 1 aromatic carbocycles. The molecule has 4 nitrogen and oxygen atoms in total. The highest BCUT2D eigenvalue weighted by molar-refractivity contribution is 9.10. The van der Waals surface area contributed by atoms with Gasteiger partial charge in [0, 0.05) is 10.5 Å². The summed E-state index contributed by atoms with van der Waals surface area (Å²) in [5, 5.41) is 0.0262. The minimum absolute atomic E-state index is 0.0262. The Hall–Kier alpha value is -1.33. The number of rotatable bonds is 1. The molecule has 1 aromatic heterocycles. The monoisotopic (exact) mass is 300 g/mol. The number of aromatic amines is 1. The molecule has 0 saturated heterocycles. The van der Waals surface area contributed by atoms with E-state index in [1.165, 1.54) is 0 Å². The van der Waals surface area contributed by atoms with Gasteiger partial charge in [-0.2, -0.15) is 0 Å². The molecule has 0 amide bonds. The predicted molar refractivity (Wildman–Crippen MR) is 65.4 cm³/mol. The van der Waals surface area contributed by atoms with Gasteiger partial charge in [0.25, 0.3) is 5.56 Å². The summed E-state index contributed by atoms with van der Waals surface area (Å²) in [4.78, 5) is 25.6. The van der Waals surface area contributed by atoms with Gasteiger partial charge in [0.15, 0.2) is 0 Å². The van der Waals surface area contributed by atoms with Gasteiger partial charge in [-0.25, -0.2) is 9.36 Å². The van der Waals surface area contributed by atoms with Crippen LogP contribution in [0, 0.1) is 0 Å². The predicted octanol–water partition coefficient (Wildman–Crippen LogP) is 1.94. The molecule has 0 aliphatic heterocycles. The van der Waals surface area contributed by atoms with Crippen LogP contribution in [0.15, 0.2) is 44.4 Å². The summed E-state index contributed by atoms with van der Waals surface area (Å²) < 4.78 is 1.67. The van der Waals surface area contributed by atoms with Crippen molar-refractivity contribution in [2.24, 2.45) is 0 Å². The highest BCUT2D eigenvalue weighted by Gasteiger charge is 2.08. The smallest absolute Gasteiger partial charge is 0.297 e. The summed E-state index contributed by atoms with van der Waals surface area (Å²) in [6.07, 6.45) is 0. The van der Waals surface area contributed by atoms with E-state index in [0.717, 1.165) is 10.6 Å². The lowest BCUT2D eigenvalue weighted by atomic mass is 10.3. The lowest BCUT2D eigenvalue weighted by Crippen LogP contribution is -2.33. The fourth-order valence-electron chi connectivity index (χ4n) is 1.33. The molecule has 1 N–H and O–H groups in total. The van der Waals surface area contributed by atoms with Crippen molar-refractivity contribution < 1.29 is 0 Å². The van der Waals surface area contributed by atoms with E-state index < -0.39 is 11.2 Å². The SMILES string of the molecule is O=c1cc(Cl)[nH]c(=O)n1-c1ccccc1Br. The highest BCUT2D eigenvalue weighted by Crippen LogP contribution is 2.17. The molecule has 0 unspecified atom stereocenters. The molecule has 0 aliphatic rings. The van der Waals surface area contributed by atoms with Gasteiger partial charge in [-0.05, 0) is 28.1 Å². The van der Waals surface area contributed by atoms with Gasteiger partial charge in [0.05, 0.1) is 5.69 Å². The van der Waals surface area contributed by atoms with Crippen molar-refractivity contribution in [3.63, 3.8) is 0 Å². The molecular weight excluding hydrogens is 295 g/mol. The first-order chi connectivity index (χ1) is 7.59. The number of nitrogens with one attached hydrogen (secondary N) is 1. The number of nitrogens with zero attached hydrogens (tertiary/aromatic N) is 1. The molecule has 0 spiro atoms. The Morgan fingerprint density at radius 2 is 1.94 bits per heavy atom. The summed E-state index contributed by atoms with van der Waals surface area (Å²) in [5.74, 6) is 0. The molecule has 6 heteroatoms. The third-order valence-electron chi connectivity index (χ3n) is 1.99. The van der Waals surface area contributed by atoms with Crippen LogP contribution in [-0.2, 0) is 0 Å². The largest absolute Gasteiger partial charge is 0.334 e. The van der Waals surface area contributed by atoms with Crippen LogP contribution >= 0.6 is 27.5 Å². The molecular formula is C10H6BrClN2O2. The van der Waals surface area contributed by atoms with Crippen molar-refractivity contribution >= 4 is 27.5 Å². The molecule has 0 radical (unpaired) electrons. The Labute approximate surface area is 104 Å². The molecule has 0 bridgehead atoms. The van der Waals surface area contributed by atoms with Gasteiger partial charge in [-0.3, -0.25) is 9.78 Å². The fraction of sp³-hybridized carbons (Fsp3) is 0. The number of para-hydroxylation sites is 1. The van der Waals surface area contributed by atoms with E-state index in [2.05, 4.69) is 20.9 Å². The number of benzene rings is 1. The van der Waals surface area contributed by atoms with Gasteiger partial charge in [-0.15, -0.1) is 0 Å². The van der Waals surface area contributed by atoms with E-state index in [0.29, 0.717) is 10.2 Å². The molecule has 0 saturated carbocycles. The Kier molecular flexibility index (Phi) is 2.98. The average Bonchev–Trinajstić information content (AvgIpc) is 2.19. The number of halogens is 2. The van der Waals surface area contributed by atoms with Crippen molar-refractivity contribution in [3.05, 3.63) is 60.8 Å². The van der Waals surface area contributed by atoms with Gasteiger partial charge in [-0.1, -0.05) is 23.7 Å². The molecule has 82 valence electrons. The third kappa shape index (κ3) is 1.96. The summed E-state index contributed by atoms with van der Waals surface area (Å²) in [6.45, 7) is 0. The molecule has 2 aromatic rings. The number of aromatic nitrogens is 2. The van der Waals surface area contributed by atoms with Crippen molar-refractivity contribution in [1.29, 1.82) is 0 Å². The normalized spacial score (nSPS) is 10.4. The zero-order valence-electron chi connectivity index (χ0n) is 7.91. The lowest BCUT2D eigenvalue weighted by Gasteiger charge is -2.05. The standard InChI is InChI=1S/C10H6BrClN2O2/c11-6-3-1-2-4-7(6)14-9(15)5-8(12)13-10(14)16/h1-5H,(H,13,16). The van der Waals surface area contributed by atoms with Crippen LogP contribution in [0.5, 0.6) is 0 Å². The highest BCUT2D eigenvalue weighted by atomic mass is 79.9. The van der Waals surface area contributed by atoms with Crippen molar-refractivity contribution in [2.75, 3.05) is 0 Å². The molecule has 16 heavy (non-hydrogen) atoms. The molecule has 0 atom stereocenters. The number of hydrogen-bond donors (Lipinski definition) is 1. The third-order valence-corrected chi connectivity index (χ3v) is 2.87. The van der Waals surface area contributed by atoms with E-state index in [4.69, 9.17) is 11.6 Å². The van der Waals surface area contributed by atoms with Crippen LogP contribution in [-0.4, -0.2) is 9.55 Å². The Morgan fingerprint density at radius 3 is 2.56 bits per heavy atom. The van der Waals surface area contributed by atoms with Crippen LogP contribution in [0.25, 0.3) is 5.69 Å². The van der Waals surface area contributed by atoms with Crippen molar-refractivity contribution in [1.82, 2.24) is 9.55 Å². The van der Waals surface area contributed by atoms with Crippen LogP contribution < -0.4 is 11.2 Å². The molecule has 0 aliphatic carbocycles. The summed E-state index contributed by atoms with van der Waals surface area (Å²) in [5.41, 5.74) is -0.560. The maximum absolute atomic E-state index is 11.7. The average molecular weight is 302 g/mol. The maximum Gasteiger partial charge on any atom is 0.334 e. The fourth-order valence-corrected chi connectivity index (χ4v) is 1.96. The van der Waals surface area contributed by atoms with Gasteiger partial charge in [0.1, 0.15) is 5.15 Å². The molecule has 2 rings (SSSR count). The minimum Gasteiger partial charge on any atom is -0.297 e. The van der Waals surface area contributed by atoms with Crippen LogP contribution in [0.1, 0.15) is 0 Å². The van der Waals surface area contributed by atoms with Crippen LogP contribution in [0.4, 0.5) is 0 Å². The zero-order chi connectivity index (χ0) is 11.7. The first-order valence-electron chi connectivity index (χ1n) is 4.36. The topological polar surface area (TPSA) is 54.9 Å². The van der Waals surface area contributed by atoms with Crippen molar-refractivity contribution in [2.45, 2.75) is 0 Å². The van der Waals surface area contributed by atoms with E-state index in [1.54, 1.807) is 24.3 Å². The van der Waals surface area contributed by atoms with E-state index in [9.17, 15) is 9.59 Å². The molecule has 0 fully saturated rings. The van der Waals surface area contributed by atoms with Gasteiger partial charge < -0.3 is 0 Å². The lowest BCUT2D eigenvalue weighted by molar-refractivity contribution is 0.872. The molecule has 1 heterocycles. The summed E-state index contributed by atoms with van der Waals surface area (Å²) in [7, 11) is 0. The maximum atomic E-state index is 11.7. The van der Waals surface area contributed by atoms with E-state index >= 15 is 0 Å². The summed E-state index contributed by atoms with van der Waals surface area (Å²) >= 11 is 8.84. The second-order valence-electron chi connectivity index (χ2n) is 3.05. The summed E-state index contributed by atoms with van der Waals surface area (Å²) in [6, 6.07) is 8.09. The Morgan fingerprint density at radius 1 is 1.25 bits per heavy atom.